The summed E-state index contributed by atoms with van der Waals surface area (Å²) in [7, 11) is 0. The number of hydrogen-bond acceptors (Lipinski definition) is 3. The summed E-state index contributed by atoms with van der Waals surface area (Å²) < 4.78 is 4.87. The van der Waals surface area contributed by atoms with Crippen molar-refractivity contribution in [3.05, 3.63) is 29.8 Å². The fraction of sp³-hybridized carbons (Fsp3) is 0.111. The summed E-state index contributed by atoms with van der Waals surface area (Å²) in [5.41, 5.74) is 1.25. The maximum atomic E-state index is 10.7. The molecule has 1 heterocycles. The largest absolute Gasteiger partial charge is 0.478 e. The Morgan fingerprint density at radius 2 is 2.23 bits per heavy atom. The third-order valence-corrected chi connectivity index (χ3v) is 1.83. The van der Waals surface area contributed by atoms with E-state index in [-0.39, 0.29) is 0 Å². The molecule has 0 aliphatic carbocycles. The summed E-state index contributed by atoms with van der Waals surface area (Å²) in [6.45, 7) is 0. The van der Waals surface area contributed by atoms with Crippen LogP contribution in [0.15, 0.2) is 29.3 Å². The van der Waals surface area contributed by atoms with Gasteiger partial charge in [-0.1, -0.05) is 18.2 Å². The number of benzene rings is 1. The Hall–Kier alpha value is -1.84. The molecule has 1 aromatic carbocycles. The minimum Gasteiger partial charge on any atom is -0.478 e. The van der Waals surface area contributed by atoms with Crippen LogP contribution >= 0.6 is 0 Å². The van der Waals surface area contributed by atoms with Crippen molar-refractivity contribution in [2.24, 2.45) is 4.99 Å². The zero-order valence-corrected chi connectivity index (χ0v) is 6.68. The van der Waals surface area contributed by atoms with E-state index in [0.717, 1.165) is 0 Å². The first-order chi connectivity index (χ1) is 6.29. The summed E-state index contributed by atoms with van der Waals surface area (Å²) in [4.78, 5) is 14.6. The van der Waals surface area contributed by atoms with Gasteiger partial charge in [-0.2, -0.15) is 0 Å². The molecule has 2 rings (SSSR count). The first-order valence-corrected chi connectivity index (χ1v) is 3.79. The lowest BCUT2D eigenvalue weighted by atomic mass is 10.1. The maximum Gasteiger partial charge on any atom is 0.349 e. The van der Waals surface area contributed by atoms with Crippen molar-refractivity contribution in [1.82, 2.24) is 0 Å². The van der Waals surface area contributed by atoms with Gasteiger partial charge in [-0.15, -0.1) is 0 Å². The van der Waals surface area contributed by atoms with Gasteiger partial charge in [0.25, 0.3) is 0 Å². The maximum absolute atomic E-state index is 10.7. The second kappa shape index (κ2) is 2.90. The van der Waals surface area contributed by atoms with Crippen LogP contribution < -0.4 is 0 Å². The second-order valence-corrected chi connectivity index (χ2v) is 2.65. The van der Waals surface area contributed by atoms with Gasteiger partial charge in [-0.05, 0) is 6.07 Å². The number of rotatable bonds is 1. The molecule has 0 amide bonds. The molecule has 1 N–H and O–H groups in total. The van der Waals surface area contributed by atoms with Crippen molar-refractivity contribution >= 4 is 18.1 Å². The van der Waals surface area contributed by atoms with Crippen LogP contribution in [0.1, 0.15) is 11.7 Å². The summed E-state index contributed by atoms with van der Waals surface area (Å²) in [5, 5.41) is 8.80. The third kappa shape index (κ3) is 1.26. The molecule has 1 aromatic rings. The number of ether oxygens (including phenoxy) is 1. The smallest absolute Gasteiger partial charge is 0.349 e. The average Bonchev–Trinajstić information content (AvgIpc) is 2.17. The van der Waals surface area contributed by atoms with Crippen LogP contribution in [0.25, 0.3) is 0 Å². The topological polar surface area (TPSA) is 58.9 Å². The van der Waals surface area contributed by atoms with E-state index in [4.69, 9.17) is 9.84 Å². The van der Waals surface area contributed by atoms with Gasteiger partial charge in [0.1, 0.15) is 0 Å². The van der Waals surface area contributed by atoms with Gasteiger partial charge in [0.2, 0.25) is 6.10 Å². The van der Waals surface area contributed by atoms with Crippen LogP contribution in [0.4, 0.5) is 5.69 Å². The van der Waals surface area contributed by atoms with Crippen molar-refractivity contribution in [3.8, 4) is 0 Å². The number of aliphatic carboxylic acids is 1. The van der Waals surface area contributed by atoms with Crippen molar-refractivity contribution in [1.29, 1.82) is 0 Å². The van der Waals surface area contributed by atoms with Crippen molar-refractivity contribution in [2.75, 3.05) is 0 Å². The number of aliphatic imine (C=N–C) groups is 1. The van der Waals surface area contributed by atoms with E-state index in [2.05, 4.69) is 4.99 Å². The lowest BCUT2D eigenvalue weighted by Crippen LogP contribution is -2.16. The van der Waals surface area contributed by atoms with Crippen LogP contribution in [-0.4, -0.2) is 17.5 Å². The molecule has 0 saturated heterocycles. The molecular formula is C9H7NO3. The minimum absolute atomic E-state index is 0.595. The Bertz CT molecular complexity index is 373. The van der Waals surface area contributed by atoms with Gasteiger partial charge in [-0.3, -0.25) is 0 Å². The van der Waals surface area contributed by atoms with Gasteiger partial charge in [0.05, 0.1) is 5.69 Å². The molecule has 0 spiro atoms. The number of carboxylic acid groups (broad SMARTS) is 1. The Morgan fingerprint density at radius 3 is 3.00 bits per heavy atom. The van der Waals surface area contributed by atoms with Crippen molar-refractivity contribution < 1.29 is 14.6 Å². The number of carboxylic acids is 1. The zero-order chi connectivity index (χ0) is 9.26. The average molecular weight is 177 g/mol. The highest BCUT2D eigenvalue weighted by molar-refractivity contribution is 5.80. The standard InChI is InChI=1S/C9H7NO3/c11-9(12)8-6-3-1-2-4-7(6)10-5-13-8/h1-5,8H,(H,11,12). The summed E-state index contributed by atoms with van der Waals surface area (Å²) in [5.74, 6) is -1.00. The predicted molar refractivity (Wildman–Crippen MR) is 46.1 cm³/mol. The number of para-hydroxylation sites is 1. The van der Waals surface area contributed by atoms with E-state index >= 15 is 0 Å². The van der Waals surface area contributed by atoms with Gasteiger partial charge in [-0.25, -0.2) is 9.79 Å². The molecular weight excluding hydrogens is 170 g/mol. The molecule has 0 aromatic heterocycles. The van der Waals surface area contributed by atoms with E-state index in [1.807, 2.05) is 0 Å². The van der Waals surface area contributed by atoms with E-state index in [1.165, 1.54) is 6.40 Å². The molecule has 1 unspecified atom stereocenters. The monoisotopic (exact) mass is 177 g/mol. The van der Waals surface area contributed by atoms with Crippen LogP contribution in [0.5, 0.6) is 0 Å². The first kappa shape index (κ1) is 7.79. The number of hydrogen-bond donors (Lipinski definition) is 1. The number of fused-ring (bicyclic) bond motifs is 1. The molecule has 0 saturated carbocycles. The van der Waals surface area contributed by atoms with E-state index in [1.54, 1.807) is 24.3 Å². The highest BCUT2D eigenvalue weighted by Crippen LogP contribution is 2.30. The molecule has 1 atom stereocenters. The Balaban J connectivity index is 2.49. The molecule has 0 radical (unpaired) electrons. The Labute approximate surface area is 74.5 Å². The molecule has 66 valence electrons. The second-order valence-electron chi connectivity index (χ2n) is 2.65. The van der Waals surface area contributed by atoms with Crippen molar-refractivity contribution in [2.45, 2.75) is 6.10 Å². The van der Waals surface area contributed by atoms with Gasteiger partial charge < -0.3 is 9.84 Å². The van der Waals surface area contributed by atoms with Crippen molar-refractivity contribution in [3.63, 3.8) is 0 Å². The predicted octanol–water partition coefficient (Wildman–Crippen LogP) is 1.50. The SMILES string of the molecule is O=C(O)C1OC=Nc2ccccc21. The van der Waals surface area contributed by atoms with Gasteiger partial charge >= 0.3 is 5.97 Å². The molecule has 1 aliphatic heterocycles. The highest BCUT2D eigenvalue weighted by Gasteiger charge is 2.25. The normalized spacial score (nSPS) is 18.9. The Kier molecular flexibility index (Phi) is 1.73. The van der Waals surface area contributed by atoms with Gasteiger partial charge in [0, 0.05) is 5.56 Å². The molecule has 13 heavy (non-hydrogen) atoms. The Morgan fingerprint density at radius 1 is 1.46 bits per heavy atom. The molecule has 0 bridgehead atoms. The minimum atomic E-state index is -1.00. The van der Waals surface area contributed by atoms with Crippen LogP contribution in [0.3, 0.4) is 0 Å². The highest BCUT2D eigenvalue weighted by atomic mass is 16.5. The molecule has 1 aliphatic rings. The quantitative estimate of drug-likeness (QED) is 0.707. The molecule has 4 heteroatoms. The fourth-order valence-corrected chi connectivity index (χ4v) is 1.24. The van der Waals surface area contributed by atoms with Crippen LogP contribution in [-0.2, 0) is 9.53 Å². The molecule has 0 fully saturated rings. The lowest BCUT2D eigenvalue weighted by molar-refractivity contribution is -0.145. The summed E-state index contributed by atoms with van der Waals surface area (Å²) in [6, 6.07) is 7.02. The van der Waals surface area contributed by atoms with Gasteiger partial charge in [0.15, 0.2) is 6.40 Å². The fourth-order valence-electron chi connectivity index (χ4n) is 1.24. The summed E-state index contributed by atoms with van der Waals surface area (Å²) >= 11 is 0. The van der Waals surface area contributed by atoms with E-state index in [0.29, 0.717) is 11.3 Å². The van der Waals surface area contributed by atoms with E-state index < -0.39 is 12.1 Å². The van der Waals surface area contributed by atoms with Crippen LogP contribution in [0.2, 0.25) is 0 Å². The summed E-state index contributed by atoms with van der Waals surface area (Å²) in [6.07, 6.45) is 0.245. The van der Waals surface area contributed by atoms with E-state index in [9.17, 15) is 4.79 Å². The lowest BCUT2D eigenvalue weighted by Gasteiger charge is -2.17. The molecule has 4 nitrogen and oxygen atoms in total. The number of nitrogens with zero attached hydrogens (tertiary/aromatic N) is 1. The number of carbonyl (C=O) groups is 1. The first-order valence-electron chi connectivity index (χ1n) is 3.79. The third-order valence-electron chi connectivity index (χ3n) is 1.83. The van der Waals surface area contributed by atoms with Crippen LogP contribution in [0, 0.1) is 0 Å². The zero-order valence-electron chi connectivity index (χ0n) is 6.68.